The molecule has 1 amide bonds. The van der Waals surface area contributed by atoms with Gasteiger partial charge in [-0.2, -0.15) is 0 Å². The van der Waals surface area contributed by atoms with E-state index in [9.17, 15) is 30.4 Å². The second kappa shape index (κ2) is 23.3. The van der Waals surface area contributed by atoms with Gasteiger partial charge in [-0.25, -0.2) is 4.79 Å². The van der Waals surface area contributed by atoms with Crippen LogP contribution in [0, 0.1) is 38.0 Å². The van der Waals surface area contributed by atoms with Gasteiger partial charge in [0.2, 0.25) is 5.79 Å². The molecule has 6 unspecified atom stereocenters. The number of nitro benzene ring substituents is 2. The first-order valence-electron chi connectivity index (χ1n) is 25.0. The number of ether oxygens (including phenoxy) is 4. The molecule has 382 valence electrons. The Morgan fingerprint density at radius 1 is 0.797 bits per heavy atom. The van der Waals surface area contributed by atoms with Gasteiger partial charge in [-0.3, -0.25) is 25.1 Å². The third-order valence-corrected chi connectivity index (χ3v) is 14.2. The van der Waals surface area contributed by atoms with Crippen LogP contribution in [0.2, 0.25) is 0 Å². The average molecular weight is 1000 g/mol. The molecule has 2 N–H and O–H groups in total. The Morgan fingerprint density at radius 2 is 1.50 bits per heavy atom. The minimum absolute atomic E-state index is 0.00153. The topological polar surface area (TPSA) is 206 Å². The summed E-state index contributed by atoms with van der Waals surface area (Å²) in [6, 6.07) is 39.1. The maximum atomic E-state index is 15.4. The fraction of sp³-hybridized carbons (Fsp3) is 0.310. The molecule has 6 atom stereocenters. The molecule has 3 aliphatic rings. The molecule has 0 radical (unpaired) electrons. The van der Waals surface area contributed by atoms with Crippen molar-refractivity contribution in [2.75, 3.05) is 19.8 Å². The number of benzene rings is 6. The summed E-state index contributed by atoms with van der Waals surface area (Å²) in [5.74, 6) is -1.78. The van der Waals surface area contributed by atoms with Crippen molar-refractivity contribution in [2.45, 2.75) is 75.8 Å². The molecule has 1 heterocycles. The number of aliphatic hydroxyl groups excluding tert-OH is 2. The van der Waals surface area contributed by atoms with Gasteiger partial charge in [-0.05, 0) is 101 Å². The van der Waals surface area contributed by atoms with E-state index in [1.165, 1.54) is 36.4 Å². The third-order valence-electron chi connectivity index (χ3n) is 14.2. The van der Waals surface area contributed by atoms with Crippen molar-refractivity contribution in [3.8, 4) is 23.0 Å². The maximum Gasteiger partial charge on any atom is 0.416 e. The van der Waals surface area contributed by atoms with E-state index in [0.717, 1.165) is 39.5 Å². The summed E-state index contributed by atoms with van der Waals surface area (Å²) in [6.07, 6.45) is 7.11. The standard InChI is InChI=1S/C58H58N4O12/c1-2-32-70-58-54(60(37-42-19-12-18-40-16-6-7-22-48(40)42)57(65)73-45-26-24-43(25-27-45)61(66)67)36-52(59-71-38-39-14-4-3-5-15-39)50-33-41(17-8-10-30-63)49(23-9-11-31-64)55(56(50)58)51-35-47(28-29-53(51)74-58)72-46-21-13-20-44(34-46)62(68)69/h2-7,12-16,18-22,24-29,33-35,41,49,54-56,63-64H,1,8-11,17,23,30-32,36-38H2. The molecule has 1 fully saturated rings. The lowest BCUT2D eigenvalue weighted by Gasteiger charge is -2.59. The van der Waals surface area contributed by atoms with E-state index >= 15 is 4.79 Å². The molecule has 6 aromatic carbocycles. The molecule has 0 spiro atoms. The zero-order chi connectivity index (χ0) is 51.6. The van der Waals surface area contributed by atoms with Crippen molar-refractivity contribution in [1.82, 2.24) is 4.90 Å². The molecule has 1 saturated carbocycles. The van der Waals surface area contributed by atoms with Gasteiger partial charge < -0.3 is 34.0 Å². The van der Waals surface area contributed by atoms with Crippen LogP contribution in [-0.2, 0) is 22.7 Å². The van der Waals surface area contributed by atoms with Gasteiger partial charge in [0.1, 0.15) is 35.6 Å². The van der Waals surface area contributed by atoms with Crippen LogP contribution in [0.4, 0.5) is 16.2 Å². The molecular weight excluding hydrogens is 945 g/mol. The van der Waals surface area contributed by atoms with Crippen molar-refractivity contribution in [2.24, 2.45) is 22.9 Å². The van der Waals surface area contributed by atoms with Crippen LogP contribution in [0.15, 0.2) is 169 Å². The lowest BCUT2D eigenvalue weighted by molar-refractivity contribution is -0.385. The van der Waals surface area contributed by atoms with Crippen molar-refractivity contribution in [1.29, 1.82) is 0 Å². The molecule has 0 aromatic heterocycles. The molecule has 2 aliphatic carbocycles. The number of rotatable bonds is 22. The quantitative estimate of drug-likeness (QED) is 0.0282. The van der Waals surface area contributed by atoms with Crippen LogP contribution in [0.25, 0.3) is 10.8 Å². The summed E-state index contributed by atoms with van der Waals surface area (Å²) < 4.78 is 27.3. The second-order valence-corrected chi connectivity index (χ2v) is 18.8. The van der Waals surface area contributed by atoms with E-state index < -0.39 is 39.6 Å². The number of aliphatic hydroxyl groups is 2. The number of nitrogens with zero attached hydrogens (tertiary/aromatic N) is 4. The van der Waals surface area contributed by atoms with Gasteiger partial charge in [0, 0.05) is 49.3 Å². The molecule has 6 aromatic rings. The summed E-state index contributed by atoms with van der Waals surface area (Å²) in [6.45, 7) is 4.24. The average Bonchev–Trinajstić information content (AvgIpc) is 3.41. The van der Waals surface area contributed by atoms with Crippen LogP contribution < -0.4 is 14.2 Å². The normalized spacial score (nSPS) is 21.1. The minimum Gasteiger partial charge on any atom is -0.459 e. The van der Waals surface area contributed by atoms with Crippen LogP contribution >= 0.6 is 0 Å². The van der Waals surface area contributed by atoms with E-state index in [1.54, 1.807) is 35.2 Å². The number of unbranched alkanes of at least 4 members (excludes halogenated alkanes) is 2. The van der Waals surface area contributed by atoms with Crippen molar-refractivity contribution in [3.05, 3.63) is 201 Å². The zero-order valence-electron chi connectivity index (χ0n) is 40.8. The van der Waals surface area contributed by atoms with Crippen LogP contribution in [-0.4, -0.2) is 68.4 Å². The predicted molar refractivity (Wildman–Crippen MR) is 278 cm³/mol. The number of allylic oxidation sites excluding steroid dienone is 1. The second-order valence-electron chi connectivity index (χ2n) is 18.8. The maximum absolute atomic E-state index is 15.4. The molecule has 16 nitrogen and oxygen atoms in total. The molecule has 0 bridgehead atoms. The number of amides is 1. The van der Waals surface area contributed by atoms with Gasteiger partial charge in [0.15, 0.2) is 0 Å². The predicted octanol–water partition coefficient (Wildman–Crippen LogP) is 12.0. The van der Waals surface area contributed by atoms with Gasteiger partial charge >= 0.3 is 6.09 Å². The summed E-state index contributed by atoms with van der Waals surface area (Å²) in [5.41, 5.74) is 3.54. The molecule has 74 heavy (non-hydrogen) atoms. The zero-order valence-corrected chi connectivity index (χ0v) is 40.8. The first-order chi connectivity index (χ1) is 36.1. The van der Waals surface area contributed by atoms with E-state index in [2.05, 4.69) is 12.7 Å². The van der Waals surface area contributed by atoms with Gasteiger partial charge in [0.05, 0.1) is 40.7 Å². The number of carbonyl (C=O) groups excluding carboxylic acids is 1. The summed E-state index contributed by atoms with van der Waals surface area (Å²) >= 11 is 0. The summed E-state index contributed by atoms with van der Waals surface area (Å²) in [5, 5.41) is 50.5. The first-order valence-corrected chi connectivity index (χ1v) is 25.0. The van der Waals surface area contributed by atoms with Crippen LogP contribution in [0.5, 0.6) is 23.0 Å². The van der Waals surface area contributed by atoms with Crippen LogP contribution in [0.1, 0.15) is 67.6 Å². The van der Waals surface area contributed by atoms with Gasteiger partial charge in [-0.15, -0.1) is 6.58 Å². The lowest BCUT2D eigenvalue weighted by atomic mass is 9.55. The number of fused-ring (bicyclic) bond motifs is 3. The molecule has 16 heteroatoms. The largest absolute Gasteiger partial charge is 0.459 e. The third kappa shape index (κ3) is 11.0. The fourth-order valence-electron chi connectivity index (χ4n) is 11.0. The van der Waals surface area contributed by atoms with Gasteiger partial charge in [0.25, 0.3) is 11.4 Å². The Bertz CT molecular complexity index is 3030. The number of hydrogen-bond acceptors (Lipinski definition) is 13. The van der Waals surface area contributed by atoms with E-state index in [0.29, 0.717) is 49.3 Å². The fourth-order valence-corrected chi connectivity index (χ4v) is 11.0. The summed E-state index contributed by atoms with van der Waals surface area (Å²) in [4.78, 5) is 45.8. The lowest BCUT2D eigenvalue weighted by Crippen LogP contribution is -2.70. The van der Waals surface area contributed by atoms with Gasteiger partial charge in [-0.1, -0.05) is 109 Å². The number of hydrogen-bond donors (Lipinski definition) is 2. The molecular formula is C58H58N4O12. The number of non-ortho nitro benzene ring substituents is 2. The molecule has 1 aliphatic heterocycles. The van der Waals surface area contributed by atoms with Crippen LogP contribution in [0.3, 0.4) is 0 Å². The highest BCUT2D eigenvalue weighted by Crippen LogP contribution is 2.62. The number of oxime groups is 1. The van der Waals surface area contributed by atoms with E-state index in [4.69, 9.17) is 28.9 Å². The SMILES string of the molecule is C=CCOC12Oc3ccc(Oc4cccc([N+](=O)[O-])c4)cc3C3C(CCCCO)C(CCCCO)C=C(C(=NOCc4ccccc4)CC1N(Cc1cccc4ccccc14)C(=O)Oc1ccc([N+](=O)[O-])cc1)C32. The van der Waals surface area contributed by atoms with E-state index in [1.807, 2.05) is 78.9 Å². The number of carbonyl (C=O) groups is 1. The van der Waals surface area contributed by atoms with Crippen molar-refractivity contribution < 1.29 is 48.6 Å². The van der Waals surface area contributed by atoms with Crippen molar-refractivity contribution in [3.63, 3.8) is 0 Å². The Morgan fingerprint density at radius 3 is 2.26 bits per heavy atom. The highest BCUT2D eigenvalue weighted by molar-refractivity contribution is 6.03. The monoisotopic (exact) mass is 1000 g/mol. The Kier molecular flexibility index (Phi) is 16.1. The first kappa shape index (κ1) is 51.0. The smallest absolute Gasteiger partial charge is 0.416 e. The molecule has 0 saturated heterocycles. The molecule has 9 rings (SSSR count). The van der Waals surface area contributed by atoms with Crippen molar-refractivity contribution >= 4 is 34.0 Å². The van der Waals surface area contributed by atoms with E-state index in [-0.39, 0.29) is 74.1 Å². The summed E-state index contributed by atoms with van der Waals surface area (Å²) in [7, 11) is 0. The Balaban J connectivity index is 1.26. The highest BCUT2D eigenvalue weighted by atomic mass is 16.7. The Labute approximate surface area is 428 Å². The Hall–Kier alpha value is -7.92. The number of nitro groups is 2. The highest BCUT2D eigenvalue weighted by Gasteiger charge is 2.66. The minimum atomic E-state index is -1.68.